The molecule has 0 amide bonds. The second-order valence-electron chi connectivity index (χ2n) is 5.93. The summed E-state index contributed by atoms with van der Waals surface area (Å²) < 4.78 is 5.75. The van der Waals surface area contributed by atoms with Gasteiger partial charge in [0.25, 0.3) is 0 Å². The quantitative estimate of drug-likeness (QED) is 0.402. The predicted molar refractivity (Wildman–Crippen MR) is 105 cm³/mol. The fourth-order valence-corrected chi connectivity index (χ4v) is 2.40. The average Bonchev–Trinajstić information content (AvgIpc) is 2.66. The van der Waals surface area contributed by atoms with Crippen LogP contribution in [0.4, 0.5) is 0 Å². The number of hydrogen-bond acceptors (Lipinski definition) is 2. The molecule has 2 nitrogen and oxygen atoms in total. The second-order valence-corrected chi connectivity index (χ2v) is 5.93. The van der Waals surface area contributed by atoms with Crippen molar-refractivity contribution in [2.45, 2.75) is 32.6 Å². The van der Waals surface area contributed by atoms with Crippen molar-refractivity contribution in [1.82, 2.24) is 0 Å². The molecule has 0 bridgehead atoms. The van der Waals surface area contributed by atoms with Gasteiger partial charge in [-0.2, -0.15) is 5.26 Å². The summed E-state index contributed by atoms with van der Waals surface area (Å²) in [5.41, 5.74) is 2.90. The third kappa shape index (κ3) is 7.10. The van der Waals surface area contributed by atoms with E-state index in [1.807, 2.05) is 54.6 Å². The molecule has 2 aromatic rings. The van der Waals surface area contributed by atoms with E-state index in [0.717, 1.165) is 29.9 Å². The van der Waals surface area contributed by atoms with Gasteiger partial charge < -0.3 is 4.74 Å². The zero-order valence-electron chi connectivity index (χ0n) is 14.8. The highest BCUT2D eigenvalue weighted by Crippen LogP contribution is 2.14. The van der Waals surface area contributed by atoms with Crippen molar-refractivity contribution >= 4 is 12.2 Å². The Morgan fingerprint density at radius 3 is 2.00 bits per heavy atom. The van der Waals surface area contributed by atoms with Crippen LogP contribution in [0.5, 0.6) is 5.75 Å². The molecule has 128 valence electrons. The average molecular weight is 331 g/mol. The lowest BCUT2D eigenvalue weighted by molar-refractivity contribution is 0.305. The number of nitriles is 1. The fourth-order valence-electron chi connectivity index (χ4n) is 2.40. The zero-order chi connectivity index (χ0) is 17.7. The lowest BCUT2D eigenvalue weighted by Crippen LogP contribution is -1.96. The van der Waals surface area contributed by atoms with Crippen LogP contribution in [0.3, 0.4) is 0 Å². The molecule has 2 heteroatoms. The standard InChI is InChI=1S/C23H25NO/c1-2-3-4-7-18-25-23-16-14-21(15-17-23)9-6-5-8-20-10-12-22(19-24)13-11-20/h5-6,8-17H,2-4,7,18H2,1H3/b8-5+,9-6-. The summed E-state index contributed by atoms with van der Waals surface area (Å²) in [5.74, 6) is 0.932. The lowest BCUT2D eigenvalue weighted by atomic mass is 10.1. The van der Waals surface area contributed by atoms with E-state index in [-0.39, 0.29) is 0 Å². The van der Waals surface area contributed by atoms with Crippen molar-refractivity contribution in [2.75, 3.05) is 6.61 Å². The molecule has 0 aliphatic rings. The maximum absolute atomic E-state index is 8.78. The molecule has 0 saturated carbocycles. The smallest absolute Gasteiger partial charge is 0.119 e. The van der Waals surface area contributed by atoms with Gasteiger partial charge in [0.2, 0.25) is 0 Å². The van der Waals surface area contributed by atoms with Gasteiger partial charge in [-0.05, 0) is 41.8 Å². The number of allylic oxidation sites excluding steroid dienone is 2. The number of rotatable bonds is 9. The summed E-state index contributed by atoms with van der Waals surface area (Å²) in [6, 6.07) is 17.8. The summed E-state index contributed by atoms with van der Waals surface area (Å²) in [5, 5.41) is 8.78. The molecule has 0 fully saturated rings. The van der Waals surface area contributed by atoms with E-state index in [1.165, 1.54) is 19.3 Å². The Morgan fingerprint density at radius 2 is 1.44 bits per heavy atom. The lowest BCUT2D eigenvalue weighted by Gasteiger charge is -2.05. The largest absolute Gasteiger partial charge is 0.494 e. The van der Waals surface area contributed by atoms with Crippen LogP contribution in [0.2, 0.25) is 0 Å². The minimum Gasteiger partial charge on any atom is -0.494 e. The third-order valence-electron chi connectivity index (χ3n) is 3.87. The Labute approximate surface area is 151 Å². The number of ether oxygens (including phenoxy) is 1. The number of hydrogen-bond donors (Lipinski definition) is 0. The second kappa shape index (κ2) is 10.9. The van der Waals surface area contributed by atoms with Crippen LogP contribution >= 0.6 is 0 Å². The van der Waals surface area contributed by atoms with Gasteiger partial charge in [-0.1, -0.05) is 74.8 Å². The van der Waals surface area contributed by atoms with Crippen LogP contribution in [0.25, 0.3) is 12.2 Å². The van der Waals surface area contributed by atoms with Gasteiger partial charge in [-0.25, -0.2) is 0 Å². The Hall–Kier alpha value is -2.79. The third-order valence-corrected chi connectivity index (χ3v) is 3.87. The van der Waals surface area contributed by atoms with Gasteiger partial charge in [0, 0.05) is 0 Å². The molecule has 0 unspecified atom stereocenters. The summed E-state index contributed by atoms with van der Waals surface area (Å²) in [4.78, 5) is 0. The number of unbranched alkanes of at least 4 members (excludes halogenated alkanes) is 3. The molecule has 0 heterocycles. The van der Waals surface area contributed by atoms with Gasteiger partial charge in [0.05, 0.1) is 18.2 Å². The molecule has 0 saturated heterocycles. The van der Waals surface area contributed by atoms with Crippen molar-refractivity contribution in [3.63, 3.8) is 0 Å². The molecular weight excluding hydrogens is 306 g/mol. The van der Waals surface area contributed by atoms with E-state index in [0.29, 0.717) is 5.56 Å². The molecule has 25 heavy (non-hydrogen) atoms. The Kier molecular flexibility index (Phi) is 8.08. The van der Waals surface area contributed by atoms with Gasteiger partial charge in [0.1, 0.15) is 5.75 Å². The van der Waals surface area contributed by atoms with Crippen molar-refractivity contribution in [1.29, 1.82) is 5.26 Å². The van der Waals surface area contributed by atoms with E-state index in [2.05, 4.69) is 31.2 Å². The zero-order valence-corrected chi connectivity index (χ0v) is 14.8. The minimum atomic E-state index is 0.681. The SMILES string of the molecule is CCCCCCOc1ccc(/C=C\C=C\c2ccc(C#N)cc2)cc1. The van der Waals surface area contributed by atoms with Crippen LogP contribution in [-0.2, 0) is 0 Å². The number of benzene rings is 2. The van der Waals surface area contributed by atoms with Crippen LogP contribution in [-0.4, -0.2) is 6.61 Å². The molecule has 0 aromatic heterocycles. The van der Waals surface area contributed by atoms with Gasteiger partial charge >= 0.3 is 0 Å². The highest BCUT2D eigenvalue weighted by Gasteiger charge is 1.94. The minimum absolute atomic E-state index is 0.681. The van der Waals surface area contributed by atoms with Gasteiger partial charge in [-0.15, -0.1) is 0 Å². The first-order chi connectivity index (χ1) is 12.3. The van der Waals surface area contributed by atoms with Crippen molar-refractivity contribution in [2.24, 2.45) is 0 Å². The number of nitrogens with zero attached hydrogens (tertiary/aromatic N) is 1. The van der Waals surface area contributed by atoms with Crippen LogP contribution < -0.4 is 4.74 Å². The maximum Gasteiger partial charge on any atom is 0.119 e. The molecule has 0 N–H and O–H groups in total. The van der Waals surface area contributed by atoms with Gasteiger partial charge in [-0.3, -0.25) is 0 Å². The molecule has 0 atom stereocenters. The molecule has 0 aliphatic carbocycles. The van der Waals surface area contributed by atoms with E-state index in [1.54, 1.807) is 0 Å². The Morgan fingerprint density at radius 1 is 0.840 bits per heavy atom. The first kappa shape index (κ1) is 18.5. The van der Waals surface area contributed by atoms with Crippen molar-refractivity contribution in [3.05, 3.63) is 77.4 Å². The summed E-state index contributed by atoms with van der Waals surface area (Å²) in [6.07, 6.45) is 13.0. The van der Waals surface area contributed by atoms with Crippen LogP contribution in [0.1, 0.15) is 49.3 Å². The Balaban J connectivity index is 1.78. The highest BCUT2D eigenvalue weighted by molar-refractivity contribution is 5.58. The maximum atomic E-state index is 8.78. The van der Waals surface area contributed by atoms with E-state index < -0.39 is 0 Å². The normalized spacial score (nSPS) is 11.0. The van der Waals surface area contributed by atoms with E-state index in [9.17, 15) is 0 Å². The molecule has 0 radical (unpaired) electrons. The van der Waals surface area contributed by atoms with E-state index >= 15 is 0 Å². The Bertz CT molecular complexity index is 718. The monoisotopic (exact) mass is 331 g/mol. The van der Waals surface area contributed by atoms with Gasteiger partial charge in [0.15, 0.2) is 0 Å². The summed E-state index contributed by atoms with van der Waals surface area (Å²) in [6.45, 7) is 3.01. The molecule has 0 spiro atoms. The van der Waals surface area contributed by atoms with Crippen molar-refractivity contribution in [3.8, 4) is 11.8 Å². The van der Waals surface area contributed by atoms with E-state index in [4.69, 9.17) is 10.00 Å². The topological polar surface area (TPSA) is 33.0 Å². The summed E-state index contributed by atoms with van der Waals surface area (Å²) in [7, 11) is 0. The molecular formula is C23H25NO. The van der Waals surface area contributed by atoms with Crippen LogP contribution in [0.15, 0.2) is 60.7 Å². The first-order valence-corrected chi connectivity index (χ1v) is 8.89. The molecule has 0 aliphatic heterocycles. The molecule has 2 aromatic carbocycles. The fraction of sp³-hybridized carbons (Fsp3) is 0.261. The summed E-state index contributed by atoms with van der Waals surface area (Å²) >= 11 is 0. The van der Waals surface area contributed by atoms with Crippen LogP contribution in [0, 0.1) is 11.3 Å². The van der Waals surface area contributed by atoms with Crippen molar-refractivity contribution < 1.29 is 4.74 Å². The first-order valence-electron chi connectivity index (χ1n) is 8.89. The molecule has 2 rings (SSSR count). The predicted octanol–water partition coefficient (Wildman–Crippen LogP) is 6.24. The highest BCUT2D eigenvalue weighted by atomic mass is 16.5.